The molecule has 4 saturated carbocycles. The molecule has 0 saturated heterocycles. The molecule has 4 fully saturated rings. The summed E-state index contributed by atoms with van der Waals surface area (Å²) in [5, 5.41) is 9.34. The number of amides is 3. The summed E-state index contributed by atoms with van der Waals surface area (Å²) in [5.41, 5.74) is -4.18. The first-order chi connectivity index (χ1) is 24.3. The molecule has 51 heavy (non-hydrogen) atoms. The molecule has 1 atom stereocenters. The Labute approximate surface area is 293 Å². The number of H-pyrrole nitrogens is 1. The first-order valence-corrected chi connectivity index (χ1v) is 18.5. The van der Waals surface area contributed by atoms with Crippen LogP contribution in [0, 0.1) is 23.2 Å². The predicted molar refractivity (Wildman–Crippen MR) is 186 cm³/mol. The number of alkyl halides is 3. The van der Waals surface area contributed by atoms with E-state index in [4.69, 9.17) is 0 Å². The molecule has 5 N–H and O–H groups in total. The number of aromatic nitrogens is 1. The van der Waals surface area contributed by atoms with E-state index in [1.54, 1.807) is 54.7 Å². The summed E-state index contributed by atoms with van der Waals surface area (Å²) in [7, 11) is -5.67. The van der Waals surface area contributed by atoms with Crippen molar-refractivity contribution < 1.29 is 36.0 Å². The van der Waals surface area contributed by atoms with Crippen LogP contribution in [-0.4, -0.2) is 49.7 Å². The predicted octanol–water partition coefficient (Wildman–Crippen LogP) is 6.53. The average molecular weight is 722 g/mol. The van der Waals surface area contributed by atoms with Crippen LogP contribution in [0.15, 0.2) is 79.0 Å². The molecule has 4 aromatic rings. The summed E-state index contributed by atoms with van der Waals surface area (Å²) in [6.07, 6.45) is 8.97. The van der Waals surface area contributed by atoms with Crippen molar-refractivity contribution in [1.82, 2.24) is 15.6 Å². The van der Waals surface area contributed by atoms with Crippen LogP contribution in [0.5, 0.6) is 0 Å². The lowest BCUT2D eigenvalue weighted by Crippen LogP contribution is -2.51. The maximum Gasteiger partial charge on any atom is 0.516 e. The van der Waals surface area contributed by atoms with Gasteiger partial charge in [0.15, 0.2) is 0 Å². The van der Waals surface area contributed by atoms with E-state index in [1.165, 1.54) is 36.1 Å². The third-order valence-corrected chi connectivity index (χ3v) is 11.8. The summed E-state index contributed by atoms with van der Waals surface area (Å²) >= 11 is 0. The average Bonchev–Trinajstić information content (AvgIpc) is 3.54. The largest absolute Gasteiger partial charge is 0.516 e. The maximum atomic E-state index is 13.8. The molecular weight excluding hydrogens is 683 g/mol. The first-order valence-electron chi connectivity index (χ1n) is 17.0. The van der Waals surface area contributed by atoms with E-state index in [0.29, 0.717) is 17.6 Å². The highest BCUT2D eigenvalue weighted by Crippen LogP contribution is 2.59. The highest BCUT2D eigenvalue weighted by atomic mass is 32.2. The molecule has 1 aromatic heterocycles. The monoisotopic (exact) mass is 721 g/mol. The number of rotatable bonds is 11. The summed E-state index contributed by atoms with van der Waals surface area (Å²) in [6, 6.07) is 18.5. The van der Waals surface area contributed by atoms with Gasteiger partial charge in [-0.1, -0.05) is 36.4 Å². The van der Waals surface area contributed by atoms with Gasteiger partial charge in [-0.2, -0.15) is 21.6 Å². The molecule has 3 amide bonds. The van der Waals surface area contributed by atoms with E-state index in [-0.39, 0.29) is 34.7 Å². The number of hydrogen-bond donors (Lipinski definition) is 5. The van der Waals surface area contributed by atoms with E-state index >= 15 is 0 Å². The minimum Gasteiger partial charge on any atom is -0.361 e. The number of fused-ring (bicyclic) bond motifs is 1. The van der Waals surface area contributed by atoms with Crippen LogP contribution in [-0.2, 0) is 14.8 Å². The number of anilines is 2. The Balaban J connectivity index is 1.08. The number of carbonyl (C=O) groups excluding carboxylic acids is 3. The Hall–Kier alpha value is -4.85. The van der Waals surface area contributed by atoms with Gasteiger partial charge in [-0.05, 0) is 104 Å². The second-order valence-corrected chi connectivity index (χ2v) is 16.0. The van der Waals surface area contributed by atoms with Gasteiger partial charge in [0.05, 0.1) is 22.7 Å². The van der Waals surface area contributed by atoms with Gasteiger partial charge in [0.1, 0.15) is 0 Å². The van der Waals surface area contributed by atoms with E-state index in [2.05, 4.69) is 20.9 Å². The third kappa shape index (κ3) is 7.32. The van der Waals surface area contributed by atoms with E-state index in [0.717, 1.165) is 54.5 Å². The van der Waals surface area contributed by atoms with Gasteiger partial charge in [0, 0.05) is 35.9 Å². The van der Waals surface area contributed by atoms with E-state index in [1.807, 2.05) is 0 Å². The number of halogens is 3. The fourth-order valence-corrected chi connectivity index (χ4v) is 9.34. The Morgan fingerprint density at radius 1 is 0.804 bits per heavy atom. The van der Waals surface area contributed by atoms with Crippen LogP contribution in [0.3, 0.4) is 0 Å². The molecule has 0 spiro atoms. The standard InChI is InChI=1S/C37H38F3N5O5S/c38-37(39,40)51(49,50)45-28-8-4-7-27(15-28)44-35(48)31(25-5-2-1-3-6-25)20-42-33(46)29-14-26-9-10-41-32(26)16-30(29)34(47)43-21-36-17-22-11-23(18-36)13-24(12-22)19-36/h1-10,14-16,22-24,31,41,45H,11-13,17-21H2,(H,42,46)(H,43,47)(H,44,48). The normalized spacial score (nSPS) is 23.1. The second-order valence-electron chi connectivity index (χ2n) is 14.4. The lowest BCUT2D eigenvalue weighted by Gasteiger charge is -2.56. The zero-order valence-electron chi connectivity index (χ0n) is 27.6. The van der Waals surface area contributed by atoms with Crippen molar-refractivity contribution in [3.8, 4) is 0 Å². The molecule has 3 aromatic carbocycles. The molecule has 0 aliphatic heterocycles. The van der Waals surface area contributed by atoms with Crippen molar-refractivity contribution in [2.45, 2.75) is 50.0 Å². The molecule has 1 heterocycles. The Bertz CT molecular complexity index is 2050. The molecule has 14 heteroatoms. The number of carbonyl (C=O) groups is 3. The summed E-state index contributed by atoms with van der Waals surface area (Å²) in [5.74, 6) is -0.287. The zero-order chi connectivity index (χ0) is 36.0. The minimum atomic E-state index is -5.67. The van der Waals surface area contributed by atoms with E-state index < -0.39 is 39.0 Å². The van der Waals surface area contributed by atoms with Crippen molar-refractivity contribution in [3.63, 3.8) is 0 Å². The molecule has 4 aliphatic rings. The highest BCUT2D eigenvalue weighted by molar-refractivity contribution is 7.93. The van der Waals surface area contributed by atoms with Gasteiger partial charge in [-0.25, -0.2) is 0 Å². The number of nitrogens with one attached hydrogen (secondary N) is 5. The van der Waals surface area contributed by atoms with Crippen molar-refractivity contribution >= 4 is 50.0 Å². The number of hydrogen-bond acceptors (Lipinski definition) is 5. The summed E-state index contributed by atoms with van der Waals surface area (Å²) in [6.45, 7) is 0.378. The number of aromatic amines is 1. The summed E-state index contributed by atoms with van der Waals surface area (Å²) < 4.78 is 63.4. The molecule has 4 aliphatic carbocycles. The topological polar surface area (TPSA) is 149 Å². The molecule has 1 unspecified atom stereocenters. The quantitative estimate of drug-likeness (QED) is 0.120. The molecule has 268 valence electrons. The zero-order valence-corrected chi connectivity index (χ0v) is 28.4. The van der Waals surface area contributed by atoms with Gasteiger partial charge in [0.2, 0.25) is 5.91 Å². The van der Waals surface area contributed by atoms with Crippen LogP contribution >= 0.6 is 0 Å². The fraction of sp³-hybridized carbons (Fsp3) is 0.378. The van der Waals surface area contributed by atoms with Gasteiger partial charge in [-0.15, -0.1) is 0 Å². The van der Waals surface area contributed by atoms with Gasteiger partial charge < -0.3 is 20.9 Å². The van der Waals surface area contributed by atoms with Crippen LogP contribution in [0.2, 0.25) is 0 Å². The lowest BCUT2D eigenvalue weighted by atomic mass is 9.49. The van der Waals surface area contributed by atoms with Crippen LogP contribution in [0.25, 0.3) is 10.9 Å². The lowest BCUT2D eigenvalue weighted by molar-refractivity contribution is -0.117. The van der Waals surface area contributed by atoms with Crippen molar-refractivity contribution in [2.75, 3.05) is 23.1 Å². The van der Waals surface area contributed by atoms with E-state index in [9.17, 15) is 36.0 Å². The van der Waals surface area contributed by atoms with Crippen LogP contribution < -0.4 is 20.7 Å². The molecule has 10 nitrogen and oxygen atoms in total. The number of sulfonamides is 1. The maximum absolute atomic E-state index is 13.8. The minimum absolute atomic E-state index is 0.0329. The second kappa shape index (κ2) is 13.4. The molecule has 8 rings (SSSR count). The Morgan fingerprint density at radius 3 is 2.10 bits per heavy atom. The highest BCUT2D eigenvalue weighted by Gasteiger charge is 2.51. The van der Waals surface area contributed by atoms with Crippen LogP contribution in [0.4, 0.5) is 24.5 Å². The Kier molecular flexibility index (Phi) is 9.06. The Morgan fingerprint density at radius 2 is 1.43 bits per heavy atom. The third-order valence-electron chi connectivity index (χ3n) is 10.6. The molecule has 4 bridgehead atoms. The van der Waals surface area contributed by atoms with Gasteiger partial charge >= 0.3 is 15.5 Å². The van der Waals surface area contributed by atoms with Crippen molar-refractivity contribution in [1.29, 1.82) is 0 Å². The SMILES string of the molecule is O=C(NCC(C(=O)Nc1cccc(NS(=O)(=O)C(F)(F)F)c1)c1ccccc1)c1cc2cc[nH]c2cc1C(=O)NCC12CC3CC(CC(C3)C1)C2. The van der Waals surface area contributed by atoms with Gasteiger partial charge in [0.25, 0.3) is 11.8 Å². The first kappa shape index (κ1) is 34.6. The fourth-order valence-electron chi connectivity index (χ4n) is 8.79. The molecule has 0 radical (unpaired) electrons. The summed E-state index contributed by atoms with van der Waals surface area (Å²) in [4.78, 5) is 44.4. The van der Waals surface area contributed by atoms with Crippen molar-refractivity contribution in [2.24, 2.45) is 23.2 Å². The molecular formula is C37H38F3N5O5S. The number of benzene rings is 3. The smallest absolute Gasteiger partial charge is 0.361 e. The van der Waals surface area contributed by atoms with Crippen LogP contribution in [0.1, 0.15) is 70.7 Å². The van der Waals surface area contributed by atoms with Crippen molar-refractivity contribution in [3.05, 3.63) is 95.7 Å². The van der Waals surface area contributed by atoms with Gasteiger partial charge in [-0.3, -0.25) is 19.1 Å².